The average Bonchev–Trinajstić information content (AvgIpc) is 3.74. The number of carbonyl (C=O) groups is 2. The molecule has 284 valence electrons. The van der Waals surface area contributed by atoms with Crippen LogP contribution in [0.2, 0.25) is 5.15 Å². The van der Waals surface area contributed by atoms with Gasteiger partial charge in [0, 0.05) is 25.5 Å². The molecular weight excluding hydrogens is 720 g/mol. The summed E-state index contributed by atoms with van der Waals surface area (Å²) in [5, 5.41) is 33.4. The van der Waals surface area contributed by atoms with E-state index in [2.05, 4.69) is 35.3 Å². The highest BCUT2D eigenvalue weighted by Crippen LogP contribution is 2.31. The first-order valence-corrected chi connectivity index (χ1v) is 16.9. The highest BCUT2D eigenvalue weighted by molar-refractivity contribution is 6.32. The molecule has 20 heteroatoms. The molecule has 0 bridgehead atoms. The first kappa shape index (κ1) is 39.9. The first-order chi connectivity index (χ1) is 25.3. The van der Waals surface area contributed by atoms with Gasteiger partial charge in [-0.1, -0.05) is 87.3 Å². The minimum Gasteiger partial charge on any atom is -0.434 e. The molecule has 0 aliphatic heterocycles. The Morgan fingerprint density at radius 1 is 1.04 bits per heavy atom. The van der Waals surface area contributed by atoms with E-state index >= 15 is 0 Å². The van der Waals surface area contributed by atoms with Crippen molar-refractivity contribution in [1.29, 1.82) is 0 Å². The van der Waals surface area contributed by atoms with Crippen LogP contribution in [0.1, 0.15) is 75.3 Å². The number of nitrogens with one attached hydrogen (secondary N) is 1. The summed E-state index contributed by atoms with van der Waals surface area (Å²) in [4.78, 5) is 60.3. The lowest BCUT2D eigenvalue weighted by molar-refractivity contribution is -0.790. The van der Waals surface area contributed by atoms with Gasteiger partial charge in [-0.3, -0.25) is 0 Å². The van der Waals surface area contributed by atoms with Gasteiger partial charge >= 0.3 is 12.1 Å². The van der Waals surface area contributed by atoms with Gasteiger partial charge in [-0.2, -0.15) is 5.21 Å². The van der Waals surface area contributed by atoms with Crippen LogP contribution in [0.5, 0.6) is 0 Å². The molecule has 4 rings (SSSR count). The van der Waals surface area contributed by atoms with Crippen molar-refractivity contribution < 1.29 is 43.6 Å². The Balaban J connectivity index is 1.38. The summed E-state index contributed by atoms with van der Waals surface area (Å²) in [5.74, 6) is 0.181. The van der Waals surface area contributed by atoms with Gasteiger partial charge in [-0.25, -0.2) is 14.6 Å². The number of aromatic nitrogens is 6. The Morgan fingerprint density at radius 3 is 2.40 bits per heavy atom. The summed E-state index contributed by atoms with van der Waals surface area (Å²) in [6.45, 7) is 6.16. The number of aromatic amines is 1. The molecule has 0 aliphatic rings. The molecule has 0 saturated heterocycles. The number of tetrazole rings is 1. The van der Waals surface area contributed by atoms with Crippen molar-refractivity contribution in [2.24, 2.45) is 5.41 Å². The van der Waals surface area contributed by atoms with Crippen molar-refractivity contribution >= 4 is 23.7 Å². The first-order valence-electron chi connectivity index (χ1n) is 16.6. The number of hydrogen-bond acceptors (Lipinski definition) is 15. The molecule has 0 radical (unpaired) electrons. The SMILES string of the molecule is CCCCc1nc(Cl)c(C(=O)OC(C)OC(=O)OCCC(C)(C)CC(CO[N+](=O)[O-])O[N+](=O)[O-])n1Cc1ccc(-c2ccccc2-c2nn[nH]n2)cc1. The number of esters is 1. The van der Waals surface area contributed by atoms with E-state index in [-0.39, 0.29) is 36.8 Å². The molecule has 19 nitrogen and oxygen atoms in total. The largest absolute Gasteiger partial charge is 0.511 e. The predicted molar refractivity (Wildman–Crippen MR) is 185 cm³/mol. The van der Waals surface area contributed by atoms with Crippen LogP contribution >= 0.6 is 11.6 Å². The van der Waals surface area contributed by atoms with Crippen molar-refractivity contribution in [1.82, 2.24) is 30.2 Å². The number of unbranched alkanes of at least 4 members (excludes halogenated alkanes) is 1. The zero-order chi connectivity index (χ0) is 38.5. The number of benzene rings is 2. The lowest BCUT2D eigenvalue weighted by atomic mass is 9.84. The van der Waals surface area contributed by atoms with Crippen molar-refractivity contribution in [3.8, 4) is 22.5 Å². The summed E-state index contributed by atoms with van der Waals surface area (Å²) in [6, 6.07) is 15.4. The molecule has 2 unspecified atom stereocenters. The van der Waals surface area contributed by atoms with Gasteiger partial charge < -0.3 is 28.5 Å². The van der Waals surface area contributed by atoms with Crippen molar-refractivity contribution in [2.45, 2.75) is 78.7 Å². The number of halogens is 1. The second-order valence-corrected chi connectivity index (χ2v) is 13.0. The van der Waals surface area contributed by atoms with E-state index in [9.17, 15) is 29.8 Å². The molecule has 0 amide bonds. The maximum atomic E-state index is 13.4. The molecule has 2 aromatic carbocycles. The molecule has 0 saturated carbocycles. The van der Waals surface area contributed by atoms with Crippen LogP contribution < -0.4 is 0 Å². The number of imidazole rings is 1. The van der Waals surface area contributed by atoms with Gasteiger partial charge in [0.1, 0.15) is 18.5 Å². The molecule has 0 fully saturated rings. The van der Waals surface area contributed by atoms with E-state index in [1.165, 1.54) is 6.92 Å². The Bertz CT molecular complexity index is 1850. The van der Waals surface area contributed by atoms with Crippen LogP contribution in [0.25, 0.3) is 22.5 Å². The van der Waals surface area contributed by atoms with Crippen LogP contribution in [-0.4, -0.2) is 78.1 Å². The summed E-state index contributed by atoms with van der Waals surface area (Å²) in [6.07, 6.45) is -1.37. The number of H-pyrrole nitrogens is 1. The number of aryl methyl sites for hydroxylation is 1. The van der Waals surface area contributed by atoms with Crippen LogP contribution in [0.3, 0.4) is 0 Å². The normalized spacial score (nSPS) is 12.4. The van der Waals surface area contributed by atoms with Crippen molar-refractivity contribution in [3.63, 3.8) is 0 Å². The predicted octanol–water partition coefficient (Wildman–Crippen LogP) is 6.02. The highest BCUT2D eigenvalue weighted by Gasteiger charge is 2.29. The fourth-order valence-electron chi connectivity index (χ4n) is 5.46. The van der Waals surface area contributed by atoms with Crippen LogP contribution in [0, 0.1) is 25.6 Å². The smallest absolute Gasteiger partial charge is 0.434 e. The molecule has 53 heavy (non-hydrogen) atoms. The quantitative estimate of drug-likeness (QED) is 0.0469. The third-order valence-corrected chi connectivity index (χ3v) is 8.25. The van der Waals surface area contributed by atoms with Crippen molar-refractivity contribution in [2.75, 3.05) is 13.2 Å². The molecular formula is C33H39ClN8O11. The molecule has 2 heterocycles. The molecule has 4 aromatic rings. The molecule has 2 aromatic heterocycles. The monoisotopic (exact) mass is 758 g/mol. The number of ether oxygens (including phenoxy) is 3. The Kier molecular flexibility index (Phi) is 14.0. The van der Waals surface area contributed by atoms with E-state index in [0.717, 1.165) is 35.1 Å². The summed E-state index contributed by atoms with van der Waals surface area (Å²) in [7, 11) is 0. The minimum atomic E-state index is -1.38. The number of nitrogens with zero attached hydrogens (tertiary/aromatic N) is 7. The van der Waals surface area contributed by atoms with E-state index < -0.39 is 46.7 Å². The summed E-state index contributed by atoms with van der Waals surface area (Å²) >= 11 is 6.49. The third-order valence-electron chi connectivity index (χ3n) is 7.99. The highest BCUT2D eigenvalue weighted by atomic mass is 35.5. The van der Waals surface area contributed by atoms with Crippen LogP contribution in [0.15, 0.2) is 48.5 Å². The Morgan fingerprint density at radius 2 is 1.75 bits per heavy atom. The Hall–Kier alpha value is -5.85. The fraction of sp³-hybridized carbons (Fsp3) is 0.455. The zero-order valence-corrected chi connectivity index (χ0v) is 30.2. The standard InChI is InChI=1S/C33H39ClN8O11/c1-5-6-11-27-35-29(34)28(40(27)19-22-12-14-23(15-13-22)25-9-7-8-10-26(25)30-36-38-39-37-30)31(43)51-21(2)52-32(44)49-17-16-33(3,4)18-24(53-42(47)48)20-50-41(45)46/h7-10,12-15,21,24H,5-6,11,16-20H2,1-4H3,(H,36,37,38,39). The minimum absolute atomic E-state index is 0.0116. The van der Waals surface area contributed by atoms with E-state index in [1.807, 2.05) is 55.5 Å². The van der Waals surface area contributed by atoms with Crippen LogP contribution in [-0.2, 0) is 36.9 Å². The second-order valence-electron chi connectivity index (χ2n) is 12.6. The van der Waals surface area contributed by atoms with Gasteiger partial charge in [-0.15, -0.1) is 30.4 Å². The van der Waals surface area contributed by atoms with Gasteiger partial charge in [0.05, 0.1) is 6.61 Å². The lowest BCUT2D eigenvalue weighted by Gasteiger charge is -2.28. The van der Waals surface area contributed by atoms with Crippen molar-refractivity contribution in [3.05, 3.63) is 91.0 Å². The molecule has 0 spiro atoms. The van der Waals surface area contributed by atoms with E-state index in [0.29, 0.717) is 18.1 Å². The average molecular weight is 759 g/mol. The molecule has 0 aliphatic carbocycles. The third kappa shape index (κ3) is 11.8. The van der Waals surface area contributed by atoms with E-state index in [1.54, 1.807) is 18.4 Å². The number of hydrogen-bond donors (Lipinski definition) is 1. The maximum absolute atomic E-state index is 13.4. The van der Waals surface area contributed by atoms with Gasteiger partial charge in [0.2, 0.25) is 12.1 Å². The summed E-state index contributed by atoms with van der Waals surface area (Å²) in [5.41, 5.74) is 2.74. The van der Waals surface area contributed by atoms with E-state index in [4.69, 9.17) is 25.8 Å². The number of rotatable bonds is 20. The molecule has 2 atom stereocenters. The van der Waals surface area contributed by atoms with Gasteiger partial charge in [0.25, 0.3) is 10.2 Å². The summed E-state index contributed by atoms with van der Waals surface area (Å²) < 4.78 is 17.3. The lowest BCUT2D eigenvalue weighted by Crippen LogP contribution is -2.31. The van der Waals surface area contributed by atoms with Gasteiger partial charge in [0.15, 0.2) is 10.8 Å². The fourth-order valence-corrected chi connectivity index (χ4v) is 5.73. The zero-order valence-electron chi connectivity index (χ0n) is 29.4. The van der Waals surface area contributed by atoms with Crippen LogP contribution in [0.4, 0.5) is 4.79 Å². The molecule has 1 N–H and O–H groups in total. The topological polar surface area (TPSA) is 239 Å². The number of carbonyl (C=O) groups excluding carboxylic acids is 2. The van der Waals surface area contributed by atoms with Gasteiger partial charge in [-0.05, 0) is 46.6 Å². The Labute approximate surface area is 308 Å². The maximum Gasteiger partial charge on any atom is 0.511 e. The second kappa shape index (κ2) is 18.6.